The molecule has 49 heavy (non-hydrogen) atoms. The Morgan fingerprint density at radius 2 is 1.57 bits per heavy atom. The van der Waals surface area contributed by atoms with Gasteiger partial charge in [-0.1, -0.05) is 126 Å². The first kappa shape index (κ1) is 35.7. The number of nitrogens with one attached hydrogen (secondary N) is 1. The lowest BCUT2D eigenvalue weighted by Crippen LogP contribution is -2.51. The Hall–Kier alpha value is -3.08. The Bertz CT molecular complexity index is 1440. The van der Waals surface area contributed by atoms with Gasteiger partial charge in [0.25, 0.3) is 0 Å². The Kier molecular flexibility index (Phi) is 11.3. The summed E-state index contributed by atoms with van der Waals surface area (Å²) in [5, 5.41) is 2.83. The number of hydrogen-bond donors (Lipinski definition) is 1. The van der Waals surface area contributed by atoms with Gasteiger partial charge < -0.3 is 14.8 Å². The molecule has 4 aliphatic carbocycles. The van der Waals surface area contributed by atoms with Gasteiger partial charge >= 0.3 is 12.1 Å². The molecule has 0 unspecified atom stereocenters. The summed E-state index contributed by atoms with van der Waals surface area (Å²) in [5.74, 6) is 4.46. The first-order chi connectivity index (χ1) is 23.6. The molecule has 5 nitrogen and oxygen atoms in total. The second-order valence-electron chi connectivity index (χ2n) is 17.0. The molecule has 0 spiro atoms. The van der Waals surface area contributed by atoms with E-state index in [1.54, 1.807) is 0 Å². The molecule has 4 aliphatic rings. The van der Waals surface area contributed by atoms with Crippen LogP contribution in [0, 0.1) is 46.3 Å². The molecule has 0 heterocycles. The molecule has 0 radical (unpaired) electrons. The molecular weight excluding hydrogens is 606 g/mol. The van der Waals surface area contributed by atoms with Crippen LogP contribution in [-0.2, 0) is 27.3 Å². The molecule has 1 N–H and O–H groups in total. The zero-order valence-corrected chi connectivity index (χ0v) is 30.8. The van der Waals surface area contributed by atoms with Crippen LogP contribution >= 0.6 is 0 Å². The van der Waals surface area contributed by atoms with Crippen LogP contribution in [-0.4, -0.2) is 24.2 Å². The average molecular weight is 668 g/mol. The monoisotopic (exact) mass is 667 g/mol. The first-order valence-electron chi connectivity index (χ1n) is 19.5. The lowest BCUT2D eigenvalue weighted by atomic mass is 9.47. The number of benzene rings is 2. The summed E-state index contributed by atoms with van der Waals surface area (Å²) in [6.45, 7) is 12.6. The van der Waals surface area contributed by atoms with Gasteiger partial charge in [-0.15, -0.1) is 0 Å². The third-order valence-electron chi connectivity index (χ3n) is 13.6. The van der Waals surface area contributed by atoms with E-state index in [9.17, 15) is 9.59 Å². The fourth-order valence-corrected chi connectivity index (χ4v) is 10.9. The van der Waals surface area contributed by atoms with Gasteiger partial charge in [-0.3, -0.25) is 0 Å². The predicted molar refractivity (Wildman–Crippen MR) is 197 cm³/mol. The zero-order chi connectivity index (χ0) is 34.6. The summed E-state index contributed by atoms with van der Waals surface area (Å²) in [6, 6.07) is 18.6. The van der Waals surface area contributed by atoms with Gasteiger partial charge in [-0.05, 0) is 102 Å². The number of allylic oxidation sites excluding steroid dienone is 1. The highest BCUT2D eigenvalue weighted by atomic mass is 16.6. The van der Waals surface area contributed by atoms with E-state index in [-0.39, 0.29) is 24.1 Å². The molecule has 0 aliphatic heterocycles. The highest BCUT2D eigenvalue weighted by Crippen LogP contribution is 2.67. The van der Waals surface area contributed by atoms with Crippen molar-refractivity contribution < 1.29 is 19.1 Å². The minimum atomic E-state index is -0.817. The molecule has 3 saturated carbocycles. The molecule has 5 heteroatoms. The van der Waals surface area contributed by atoms with Gasteiger partial charge in [-0.2, -0.15) is 0 Å². The summed E-state index contributed by atoms with van der Waals surface area (Å²) in [5.41, 5.74) is 4.05. The lowest BCUT2D eigenvalue weighted by molar-refractivity contribution is -0.154. The Morgan fingerprint density at radius 1 is 0.857 bits per heavy atom. The minimum absolute atomic E-state index is 0.148. The standard InChI is InChI=1S/C44H61NO4/c1-30(2)13-12-14-31(3)37-21-22-38-36-20-19-34-28-35(23-25-43(34,4)39(36)24-26-44(37,38)5)49-41(46)40(27-32-15-8-6-9-16-32)45-42(47)48-29-33-17-10-7-11-18-33/h6-11,15-19,30-31,35-40H,12-14,20-29H2,1-5H3,(H,45,47)/t31-,35+,36+,37-,38+,39+,40+,43+,44-/m1/s1. The third-order valence-corrected chi connectivity index (χ3v) is 13.6. The minimum Gasteiger partial charge on any atom is -0.461 e. The van der Waals surface area contributed by atoms with Gasteiger partial charge in [0.15, 0.2) is 0 Å². The number of rotatable bonds is 12. The topological polar surface area (TPSA) is 64.6 Å². The van der Waals surface area contributed by atoms with Gasteiger partial charge in [0.1, 0.15) is 18.8 Å². The lowest BCUT2D eigenvalue weighted by Gasteiger charge is -2.58. The number of hydrogen-bond acceptors (Lipinski definition) is 4. The van der Waals surface area contributed by atoms with Crippen LogP contribution < -0.4 is 5.32 Å². The maximum absolute atomic E-state index is 13.7. The molecule has 9 atom stereocenters. The maximum atomic E-state index is 13.7. The number of amides is 1. The Balaban J connectivity index is 1.08. The van der Waals surface area contributed by atoms with Crippen molar-refractivity contribution in [2.45, 2.75) is 130 Å². The van der Waals surface area contributed by atoms with Crippen LogP contribution in [0.4, 0.5) is 4.79 Å². The first-order valence-corrected chi connectivity index (χ1v) is 19.5. The number of carbonyl (C=O) groups excluding carboxylic acids is 2. The molecule has 1 amide bonds. The number of ether oxygens (including phenoxy) is 2. The zero-order valence-electron chi connectivity index (χ0n) is 30.8. The number of esters is 1. The average Bonchev–Trinajstić information content (AvgIpc) is 3.45. The smallest absolute Gasteiger partial charge is 0.408 e. The Labute approximate surface area is 296 Å². The highest BCUT2D eigenvalue weighted by molar-refractivity contribution is 5.81. The van der Waals surface area contributed by atoms with E-state index in [0.29, 0.717) is 11.8 Å². The van der Waals surface area contributed by atoms with Crippen LogP contribution in [0.5, 0.6) is 0 Å². The molecule has 6 rings (SSSR count). The third kappa shape index (κ3) is 7.97. The van der Waals surface area contributed by atoms with Crippen molar-refractivity contribution >= 4 is 12.1 Å². The molecule has 0 bridgehead atoms. The van der Waals surface area contributed by atoms with E-state index in [1.165, 1.54) is 56.9 Å². The second kappa shape index (κ2) is 15.4. The van der Waals surface area contributed by atoms with Crippen molar-refractivity contribution in [1.82, 2.24) is 5.32 Å². The molecule has 0 saturated heterocycles. The van der Waals surface area contributed by atoms with E-state index in [4.69, 9.17) is 9.47 Å². The van der Waals surface area contributed by atoms with Crippen LogP contribution in [0.2, 0.25) is 0 Å². The maximum Gasteiger partial charge on any atom is 0.408 e. The normalized spacial score (nSPS) is 31.8. The van der Waals surface area contributed by atoms with Crippen molar-refractivity contribution in [3.05, 3.63) is 83.4 Å². The summed E-state index contributed by atoms with van der Waals surface area (Å²) < 4.78 is 11.7. The Morgan fingerprint density at radius 3 is 2.29 bits per heavy atom. The summed E-state index contributed by atoms with van der Waals surface area (Å²) >= 11 is 0. The molecule has 266 valence electrons. The van der Waals surface area contributed by atoms with Gasteiger partial charge in [0.2, 0.25) is 0 Å². The van der Waals surface area contributed by atoms with Gasteiger partial charge in [0.05, 0.1) is 0 Å². The van der Waals surface area contributed by atoms with Gasteiger partial charge in [0, 0.05) is 12.8 Å². The van der Waals surface area contributed by atoms with Crippen LogP contribution in [0.25, 0.3) is 0 Å². The fraction of sp³-hybridized carbons (Fsp3) is 0.636. The predicted octanol–water partition coefficient (Wildman–Crippen LogP) is 10.5. The van der Waals surface area contributed by atoms with E-state index in [2.05, 4.69) is 46.0 Å². The van der Waals surface area contributed by atoms with Crippen molar-refractivity contribution in [2.75, 3.05) is 0 Å². The van der Waals surface area contributed by atoms with Gasteiger partial charge in [-0.25, -0.2) is 9.59 Å². The highest BCUT2D eigenvalue weighted by Gasteiger charge is 2.59. The summed E-state index contributed by atoms with van der Waals surface area (Å²) in [6.07, 6.45) is 15.7. The van der Waals surface area contributed by atoms with Crippen LogP contribution in [0.3, 0.4) is 0 Å². The number of carbonyl (C=O) groups is 2. The summed E-state index contributed by atoms with van der Waals surface area (Å²) in [7, 11) is 0. The number of alkyl carbamates (subject to hydrolysis) is 1. The van der Waals surface area contributed by atoms with Crippen LogP contribution in [0.1, 0.15) is 116 Å². The number of fused-ring (bicyclic) bond motifs is 5. The fourth-order valence-electron chi connectivity index (χ4n) is 10.9. The van der Waals surface area contributed by atoms with Crippen molar-refractivity contribution in [3.8, 4) is 0 Å². The molecule has 3 fully saturated rings. The largest absolute Gasteiger partial charge is 0.461 e. The SMILES string of the molecule is CC(C)CCC[C@@H](C)[C@H]1CC[C@H]2[C@@H]3CC=C4C[C@@H](OC(=O)[C@H](Cc5ccccc5)NC(=O)OCc5ccccc5)CC[C@]4(C)[C@H]3CC[C@]12C. The van der Waals surface area contributed by atoms with E-state index in [0.717, 1.165) is 65.9 Å². The van der Waals surface area contributed by atoms with Crippen molar-refractivity contribution in [3.63, 3.8) is 0 Å². The molecular formula is C44H61NO4. The quantitative estimate of drug-likeness (QED) is 0.181. The molecule has 2 aromatic carbocycles. The van der Waals surface area contributed by atoms with Crippen LogP contribution in [0.15, 0.2) is 72.3 Å². The van der Waals surface area contributed by atoms with E-state index >= 15 is 0 Å². The second-order valence-corrected chi connectivity index (χ2v) is 17.0. The molecule has 0 aromatic heterocycles. The van der Waals surface area contributed by atoms with Crippen molar-refractivity contribution in [2.24, 2.45) is 46.3 Å². The van der Waals surface area contributed by atoms with Crippen molar-refractivity contribution in [1.29, 1.82) is 0 Å². The van der Waals surface area contributed by atoms with E-state index < -0.39 is 12.1 Å². The van der Waals surface area contributed by atoms with E-state index in [1.807, 2.05) is 60.7 Å². The molecule has 2 aromatic rings. The summed E-state index contributed by atoms with van der Waals surface area (Å²) in [4.78, 5) is 26.6.